The van der Waals surface area contributed by atoms with Crippen LogP contribution in [0.2, 0.25) is 0 Å². The fourth-order valence-corrected chi connectivity index (χ4v) is 2.79. The maximum Gasteiger partial charge on any atom is 0.100 e. The van der Waals surface area contributed by atoms with Crippen molar-refractivity contribution in [1.29, 1.82) is 0 Å². The van der Waals surface area contributed by atoms with E-state index in [4.69, 9.17) is 0 Å². The fourth-order valence-electron chi connectivity index (χ4n) is 2.79. The minimum atomic E-state index is -0.547. The van der Waals surface area contributed by atoms with Crippen LogP contribution < -0.4 is 0 Å². The lowest BCUT2D eigenvalue weighted by Gasteiger charge is -2.26. The van der Waals surface area contributed by atoms with Gasteiger partial charge >= 0.3 is 0 Å². The first-order chi connectivity index (χ1) is 7.81. The van der Waals surface area contributed by atoms with E-state index < -0.39 is 6.17 Å². The van der Waals surface area contributed by atoms with E-state index in [9.17, 15) is 4.39 Å². The molecule has 1 aromatic rings. The lowest BCUT2D eigenvalue weighted by atomic mass is 9.81. The summed E-state index contributed by atoms with van der Waals surface area (Å²) >= 11 is 0. The van der Waals surface area contributed by atoms with Gasteiger partial charge in [-0.1, -0.05) is 37.6 Å². The molecular weight excluding hydrogens is 199 g/mol. The third kappa shape index (κ3) is 2.63. The van der Waals surface area contributed by atoms with Gasteiger partial charge in [0.2, 0.25) is 0 Å². The molecule has 16 heavy (non-hydrogen) atoms. The second kappa shape index (κ2) is 5.47. The summed E-state index contributed by atoms with van der Waals surface area (Å²) in [7, 11) is 0. The molecule has 0 N–H and O–H groups in total. The summed E-state index contributed by atoms with van der Waals surface area (Å²) in [6.45, 7) is 2.22. The Bertz CT molecular complexity index is 324. The Morgan fingerprint density at radius 3 is 2.50 bits per heavy atom. The van der Waals surface area contributed by atoms with Crippen LogP contribution in [0.25, 0.3) is 0 Å². The summed E-state index contributed by atoms with van der Waals surface area (Å²) < 4.78 is 13.1. The number of halogens is 1. The van der Waals surface area contributed by atoms with Crippen molar-refractivity contribution in [3.63, 3.8) is 0 Å². The van der Waals surface area contributed by atoms with Gasteiger partial charge in [-0.05, 0) is 49.1 Å². The van der Waals surface area contributed by atoms with E-state index in [1.165, 1.54) is 17.5 Å². The van der Waals surface area contributed by atoms with Crippen LogP contribution in [-0.2, 0) is 6.42 Å². The number of hydrogen-bond acceptors (Lipinski definition) is 0. The lowest BCUT2D eigenvalue weighted by Crippen LogP contribution is -2.14. The molecule has 1 aliphatic rings. The maximum absolute atomic E-state index is 13.1. The molecule has 1 fully saturated rings. The van der Waals surface area contributed by atoms with Crippen molar-refractivity contribution in [2.45, 2.75) is 57.5 Å². The van der Waals surface area contributed by atoms with Crippen molar-refractivity contribution < 1.29 is 4.39 Å². The van der Waals surface area contributed by atoms with Gasteiger partial charge in [0.1, 0.15) is 6.17 Å². The Kier molecular flexibility index (Phi) is 3.98. The third-order valence-electron chi connectivity index (χ3n) is 3.67. The van der Waals surface area contributed by atoms with Crippen LogP contribution in [0.4, 0.5) is 4.39 Å². The zero-order valence-electron chi connectivity index (χ0n) is 10.1. The van der Waals surface area contributed by atoms with Gasteiger partial charge in [-0.2, -0.15) is 0 Å². The molecule has 0 heterocycles. The molecule has 0 saturated heterocycles. The van der Waals surface area contributed by atoms with Crippen LogP contribution in [-0.4, -0.2) is 6.17 Å². The largest absolute Gasteiger partial charge is 0.247 e. The number of aryl methyl sites for hydroxylation is 1. The Morgan fingerprint density at radius 1 is 1.12 bits per heavy atom. The van der Waals surface area contributed by atoms with Crippen molar-refractivity contribution in [2.24, 2.45) is 0 Å². The molecule has 0 aromatic heterocycles. The molecule has 0 radical (unpaired) electrons. The highest BCUT2D eigenvalue weighted by atomic mass is 19.1. The van der Waals surface area contributed by atoms with Crippen molar-refractivity contribution >= 4 is 0 Å². The van der Waals surface area contributed by atoms with Gasteiger partial charge < -0.3 is 0 Å². The van der Waals surface area contributed by atoms with Crippen LogP contribution in [0.3, 0.4) is 0 Å². The van der Waals surface area contributed by atoms with Crippen LogP contribution in [0, 0.1) is 0 Å². The van der Waals surface area contributed by atoms with E-state index >= 15 is 0 Å². The average Bonchev–Trinajstić information content (AvgIpc) is 2.32. The first kappa shape index (κ1) is 11.6. The molecule has 1 heteroatoms. The van der Waals surface area contributed by atoms with Crippen molar-refractivity contribution in [3.05, 3.63) is 35.4 Å². The first-order valence-corrected chi connectivity index (χ1v) is 6.53. The van der Waals surface area contributed by atoms with Crippen molar-refractivity contribution in [1.82, 2.24) is 0 Å². The van der Waals surface area contributed by atoms with Gasteiger partial charge in [-0.15, -0.1) is 0 Å². The molecule has 0 unspecified atom stereocenters. The quantitative estimate of drug-likeness (QED) is 0.696. The van der Waals surface area contributed by atoms with E-state index in [1.807, 2.05) is 0 Å². The minimum Gasteiger partial charge on any atom is -0.247 e. The normalized spacial score (nSPS) is 25.6. The van der Waals surface area contributed by atoms with Crippen molar-refractivity contribution in [2.75, 3.05) is 0 Å². The second-order valence-corrected chi connectivity index (χ2v) is 4.90. The average molecular weight is 220 g/mol. The van der Waals surface area contributed by atoms with Crippen LogP contribution in [0.1, 0.15) is 56.1 Å². The van der Waals surface area contributed by atoms with Crippen LogP contribution in [0.15, 0.2) is 24.3 Å². The molecule has 1 saturated carbocycles. The number of alkyl halides is 1. The zero-order chi connectivity index (χ0) is 11.4. The Hall–Kier alpha value is -0.850. The SMILES string of the molecule is CCCc1ccccc1C1CCC(F)CC1. The van der Waals surface area contributed by atoms with Gasteiger partial charge in [0.15, 0.2) is 0 Å². The molecule has 0 aliphatic heterocycles. The number of rotatable bonds is 3. The second-order valence-electron chi connectivity index (χ2n) is 4.90. The molecule has 0 nitrogen and oxygen atoms in total. The smallest absolute Gasteiger partial charge is 0.100 e. The van der Waals surface area contributed by atoms with Gasteiger partial charge in [-0.3, -0.25) is 0 Å². The highest BCUT2D eigenvalue weighted by molar-refractivity contribution is 5.31. The predicted octanol–water partition coefficient (Wildman–Crippen LogP) is 4.63. The summed E-state index contributed by atoms with van der Waals surface area (Å²) in [4.78, 5) is 0. The Labute approximate surface area is 97.9 Å². The molecule has 1 aliphatic carbocycles. The molecule has 2 rings (SSSR count). The Balaban J connectivity index is 2.13. The summed E-state index contributed by atoms with van der Waals surface area (Å²) in [6, 6.07) is 8.72. The predicted molar refractivity (Wildman–Crippen MR) is 66.5 cm³/mol. The van der Waals surface area contributed by atoms with Gasteiger partial charge in [0.25, 0.3) is 0 Å². The van der Waals surface area contributed by atoms with E-state index in [0.717, 1.165) is 32.1 Å². The molecule has 0 spiro atoms. The first-order valence-electron chi connectivity index (χ1n) is 6.53. The monoisotopic (exact) mass is 220 g/mol. The van der Waals surface area contributed by atoms with Gasteiger partial charge in [0.05, 0.1) is 0 Å². The minimum absolute atomic E-state index is 0.547. The van der Waals surface area contributed by atoms with Crippen molar-refractivity contribution in [3.8, 4) is 0 Å². The lowest BCUT2D eigenvalue weighted by molar-refractivity contribution is 0.235. The number of hydrogen-bond donors (Lipinski definition) is 0. The molecule has 0 atom stereocenters. The van der Waals surface area contributed by atoms with Gasteiger partial charge in [0, 0.05) is 0 Å². The fraction of sp³-hybridized carbons (Fsp3) is 0.600. The summed E-state index contributed by atoms with van der Waals surface area (Å²) in [5.74, 6) is 0.606. The molecule has 1 aromatic carbocycles. The Morgan fingerprint density at radius 2 is 1.81 bits per heavy atom. The maximum atomic E-state index is 13.1. The number of benzene rings is 1. The standard InChI is InChI=1S/C15H21F/c1-2-5-12-6-3-4-7-15(12)13-8-10-14(16)11-9-13/h3-4,6-7,13-14H,2,5,8-11H2,1H3. The van der Waals surface area contributed by atoms with Crippen LogP contribution >= 0.6 is 0 Å². The molecule has 88 valence electrons. The van der Waals surface area contributed by atoms with Crippen LogP contribution in [0.5, 0.6) is 0 Å². The third-order valence-corrected chi connectivity index (χ3v) is 3.67. The van der Waals surface area contributed by atoms with E-state index in [-0.39, 0.29) is 0 Å². The summed E-state index contributed by atoms with van der Waals surface area (Å²) in [5.41, 5.74) is 2.96. The van der Waals surface area contributed by atoms with E-state index in [1.54, 1.807) is 0 Å². The molecule has 0 amide bonds. The summed E-state index contributed by atoms with van der Waals surface area (Å²) in [6.07, 6.45) is 5.37. The van der Waals surface area contributed by atoms with E-state index in [2.05, 4.69) is 31.2 Å². The topological polar surface area (TPSA) is 0 Å². The molecule has 0 bridgehead atoms. The highest BCUT2D eigenvalue weighted by Crippen LogP contribution is 2.35. The highest BCUT2D eigenvalue weighted by Gasteiger charge is 2.23. The van der Waals surface area contributed by atoms with E-state index in [0.29, 0.717) is 5.92 Å². The zero-order valence-corrected chi connectivity index (χ0v) is 10.1. The molecular formula is C15H21F. The van der Waals surface area contributed by atoms with Gasteiger partial charge in [-0.25, -0.2) is 4.39 Å². The summed E-state index contributed by atoms with van der Waals surface area (Å²) in [5, 5.41) is 0.